The minimum Gasteiger partial charge on any atom is -0.350 e. The molecule has 2 aromatic carbocycles. The largest absolute Gasteiger partial charge is 0.350 e. The average molecular weight is 321 g/mol. The summed E-state index contributed by atoms with van der Waals surface area (Å²) in [5, 5.41) is 6.67. The number of carbonyl (C=O) groups is 2. The zero-order valence-corrected chi connectivity index (χ0v) is 13.7. The number of para-hydroxylation sites is 1. The van der Waals surface area contributed by atoms with E-state index in [-0.39, 0.29) is 11.8 Å². The Bertz CT molecular complexity index is 895. The van der Waals surface area contributed by atoms with Gasteiger partial charge in [0.05, 0.1) is 6.42 Å². The van der Waals surface area contributed by atoms with Crippen molar-refractivity contribution in [1.82, 2.24) is 4.57 Å². The van der Waals surface area contributed by atoms with Crippen LogP contribution in [0.2, 0.25) is 0 Å². The molecule has 3 rings (SSSR count). The molecule has 3 aromatic rings. The lowest BCUT2D eigenvalue weighted by molar-refractivity contribution is -0.116. The third-order valence-corrected chi connectivity index (χ3v) is 3.82. The van der Waals surface area contributed by atoms with Gasteiger partial charge in [-0.25, -0.2) is 0 Å². The number of amides is 2. The van der Waals surface area contributed by atoms with Gasteiger partial charge in [-0.1, -0.05) is 18.2 Å². The molecule has 122 valence electrons. The Balaban J connectivity index is 1.70. The molecule has 2 amide bonds. The first-order valence-electron chi connectivity index (χ1n) is 7.73. The highest BCUT2D eigenvalue weighted by Gasteiger charge is 2.10. The molecule has 0 aliphatic heterocycles. The van der Waals surface area contributed by atoms with E-state index in [0.29, 0.717) is 17.8 Å². The van der Waals surface area contributed by atoms with Gasteiger partial charge < -0.3 is 15.2 Å². The molecule has 0 bridgehead atoms. The number of rotatable bonds is 4. The van der Waals surface area contributed by atoms with Crippen molar-refractivity contribution in [1.29, 1.82) is 0 Å². The summed E-state index contributed by atoms with van der Waals surface area (Å²) in [7, 11) is 1.98. The van der Waals surface area contributed by atoms with E-state index in [4.69, 9.17) is 0 Å². The van der Waals surface area contributed by atoms with Crippen LogP contribution >= 0.6 is 0 Å². The van der Waals surface area contributed by atoms with Gasteiger partial charge in [0, 0.05) is 42.4 Å². The number of aromatic nitrogens is 1. The second kappa shape index (κ2) is 6.58. The number of carbonyl (C=O) groups excluding carboxylic acids is 2. The van der Waals surface area contributed by atoms with Crippen molar-refractivity contribution < 1.29 is 9.59 Å². The summed E-state index contributed by atoms with van der Waals surface area (Å²) in [5.74, 6) is -0.193. The smallest absolute Gasteiger partial charge is 0.228 e. The highest BCUT2D eigenvalue weighted by molar-refractivity contribution is 5.96. The molecule has 0 aliphatic carbocycles. The summed E-state index contributed by atoms with van der Waals surface area (Å²) < 4.78 is 2.03. The van der Waals surface area contributed by atoms with E-state index in [9.17, 15) is 9.59 Å². The monoisotopic (exact) mass is 321 g/mol. The molecule has 1 aromatic heterocycles. The van der Waals surface area contributed by atoms with Crippen molar-refractivity contribution in [2.45, 2.75) is 13.3 Å². The Morgan fingerprint density at radius 3 is 2.25 bits per heavy atom. The molecule has 0 spiro atoms. The maximum absolute atomic E-state index is 12.3. The van der Waals surface area contributed by atoms with Crippen LogP contribution in [0.1, 0.15) is 12.5 Å². The lowest BCUT2D eigenvalue weighted by Crippen LogP contribution is -2.14. The molecule has 0 saturated heterocycles. The summed E-state index contributed by atoms with van der Waals surface area (Å²) in [6.45, 7) is 1.46. The molecule has 0 unspecified atom stereocenters. The predicted molar refractivity (Wildman–Crippen MR) is 96.0 cm³/mol. The zero-order chi connectivity index (χ0) is 17.1. The Labute approximate surface area is 140 Å². The van der Waals surface area contributed by atoms with E-state index < -0.39 is 0 Å². The maximum atomic E-state index is 12.3. The molecular weight excluding hydrogens is 302 g/mol. The van der Waals surface area contributed by atoms with E-state index in [1.54, 1.807) is 24.3 Å². The van der Waals surface area contributed by atoms with Crippen molar-refractivity contribution in [2.24, 2.45) is 7.05 Å². The first-order chi connectivity index (χ1) is 11.5. The van der Waals surface area contributed by atoms with Gasteiger partial charge in [-0.15, -0.1) is 0 Å². The third kappa shape index (κ3) is 3.46. The SMILES string of the molecule is CC(=O)Nc1ccc(NC(=O)Cc2cn(C)c3ccccc23)cc1. The van der Waals surface area contributed by atoms with Crippen LogP contribution in [0.15, 0.2) is 54.7 Å². The highest BCUT2D eigenvalue weighted by atomic mass is 16.2. The number of anilines is 2. The normalized spacial score (nSPS) is 10.6. The molecule has 24 heavy (non-hydrogen) atoms. The van der Waals surface area contributed by atoms with Crippen LogP contribution in [0.5, 0.6) is 0 Å². The van der Waals surface area contributed by atoms with Gasteiger partial charge in [0.1, 0.15) is 0 Å². The van der Waals surface area contributed by atoms with Crippen LogP contribution in [0.3, 0.4) is 0 Å². The molecule has 0 saturated carbocycles. The van der Waals surface area contributed by atoms with Gasteiger partial charge in [-0.2, -0.15) is 0 Å². The van der Waals surface area contributed by atoms with Crippen LogP contribution < -0.4 is 10.6 Å². The molecule has 0 radical (unpaired) electrons. The Hall–Kier alpha value is -3.08. The van der Waals surface area contributed by atoms with Gasteiger partial charge in [-0.3, -0.25) is 9.59 Å². The van der Waals surface area contributed by atoms with Gasteiger partial charge in [0.25, 0.3) is 0 Å². The molecular formula is C19H19N3O2. The average Bonchev–Trinajstić information content (AvgIpc) is 2.85. The van der Waals surface area contributed by atoms with E-state index in [2.05, 4.69) is 10.6 Å². The fraction of sp³-hybridized carbons (Fsp3) is 0.158. The second-order valence-corrected chi connectivity index (χ2v) is 5.77. The number of nitrogens with zero attached hydrogens (tertiary/aromatic N) is 1. The molecule has 5 nitrogen and oxygen atoms in total. The fourth-order valence-corrected chi connectivity index (χ4v) is 2.78. The van der Waals surface area contributed by atoms with E-state index >= 15 is 0 Å². The highest BCUT2D eigenvalue weighted by Crippen LogP contribution is 2.21. The quantitative estimate of drug-likeness (QED) is 0.774. The number of aryl methyl sites for hydroxylation is 1. The van der Waals surface area contributed by atoms with E-state index in [0.717, 1.165) is 16.5 Å². The lowest BCUT2D eigenvalue weighted by atomic mass is 10.1. The number of fused-ring (bicyclic) bond motifs is 1. The first-order valence-corrected chi connectivity index (χ1v) is 7.73. The van der Waals surface area contributed by atoms with Crippen LogP contribution in [0.25, 0.3) is 10.9 Å². The van der Waals surface area contributed by atoms with Gasteiger partial charge in [0.2, 0.25) is 11.8 Å². The second-order valence-electron chi connectivity index (χ2n) is 5.77. The number of hydrogen-bond donors (Lipinski definition) is 2. The number of nitrogens with one attached hydrogen (secondary N) is 2. The van der Waals surface area contributed by atoms with Crippen molar-refractivity contribution in [3.05, 3.63) is 60.3 Å². The van der Waals surface area contributed by atoms with Gasteiger partial charge in [-0.05, 0) is 35.9 Å². The van der Waals surface area contributed by atoms with Crippen LogP contribution in [0, 0.1) is 0 Å². The van der Waals surface area contributed by atoms with E-state index in [1.165, 1.54) is 6.92 Å². The Kier molecular flexibility index (Phi) is 4.33. The molecule has 0 atom stereocenters. The summed E-state index contributed by atoms with van der Waals surface area (Å²) >= 11 is 0. The topological polar surface area (TPSA) is 63.1 Å². The standard InChI is InChI=1S/C19H19N3O2/c1-13(23)20-15-7-9-16(10-8-15)21-19(24)11-14-12-22(2)18-6-4-3-5-17(14)18/h3-10,12H,11H2,1-2H3,(H,20,23)(H,21,24). The van der Waals surface area contributed by atoms with Crippen LogP contribution in [0.4, 0.5) is 11.4 Å². The number of benzene rings is 2. The third-order valence-electron chi connectivity index (χ3n) is 3.82. The molecule has 2 N–H and O–H groups in total. The molecule has 1 heterocycles. The lowest BCUT2D eigenvalue weighted by Gasteiger charge is -2.07. The van der Waals surface area contributed by atoms with Gasteiger partial charge in [0.15, 0.2) is 0 Å². The predicted octanol–water partition coefficient (Wildman–Crippen LogP) is 3.32. The summed E-state index contributed by atoms with van der Waals surface area (Å²) in [6, 6.07) is 15.1. The van der Waals surface area contributed by atoms with Crippen LogP contribution in [-0.4, -0.2) is 16.4 Å². The van der Waals surface area contributed by atoms with Crippen molar-refractivity contribution in [2.75, 3.05) is 10.6 Å². The summed E-state index contributed by atoms with van der Waals surface area (Å²) in [6.07, 6.45) is 2.30. The maximum Gasteiger partial charge on any atom is 0.228 e. The van der Waals surface area contributed by atoms with Crippen molar-refractivity contribution in [3.63, 3.8) is 0 Å². The van der Waals surface area contributed by atoms with E-state index in [1.807, 2.05) is 42.1 Å². The number of hydrogen-bond acceptors (Lipinski definition) is 2. The van der Waals surface area contributed by atoms with Gasteiger partial charge >= 0.3 is 0 Å². The molecule has 0 fully saturated rings. The first kappa shape index (κ1) is 15.8. The van der Waals surface area contributed by atoms with Crippen molar-refractivity contribution >= 4 is 34.1 Å². The summed E-state index contributed by atoms with van der Waals surface area (Å²) in [4.78, 5) is 23.3. The molecule has 0 aliphatic rings. The zero-order valence-electron chi connectivity index (χ0n) is 13.7. The van der Waals surface area contributed by atoms with Crippen LogP contribution in [-0.2, 0) is 23.1 Å². The van der Waals surface area contributed by atoms with Crippen molar-refractivity contribution in [3.8, 4) is 0 Å². The molecule has 5 heteroatoms. The Morgan fingerprint density at radius 2 is 1.58 bits per heavy atom. The fourth-order valence-electron chi connectivity index (χ4n) is 2.78. The summed E-state index contributed by atoms with van der Waals surface area (Å²) in [5.41, 5.74) is 3.52. The Morgan fingerprint density at radius 1 is 0.958 bits per heavy atom. The minimum absolute atomic E-state index is 0.0707. The minimum atomic E-state index is -0.122.